The summed E-state index contributed by atoms with van der Waals surface area (Å²) in [6.07, 6.45) is 0. The fraction of sp³-hybridized carbons (Fsp3) is 0.409. The molecule has 2 N–H and O–H groups in total. The second kappa shape index (κ2) is 9.88. The molecule has 0 spiro atoms. The number of hydrogen-bond donors (Lipinski definition) is 2. The summed E-state index contributed by atoms with van der Waals surface area (Å²) in [7, 11) is 1.62. The summed E-state index contributed by atoms with van der Waals surface area (Å²) in [4.78, 5) is 11.9. The van der Waals surface area contributed by atoms with Crippen molar-refractivity contribution in [3.05, 3.63) is 53.6 Å². The Morgan fingerprint density at radius 3 is 2.29 bits per heavy atom. The second-order valence-electron chi connectivity index (χ2n) is 7.49. The third-order valence-corrected chi connectivity index (χ3v) is 4.12. The van der Waals surface area contributed by atoms with E-state index in [1.54, 1.807) is 7.11 Å². The number of methoxy groups -OCH3 is 1. The van der Waals surface area contributed by atoms with Crippen molar-refractivity contribution in [1.29, 1.82) is 0 Å². The summed E-state index contributed by atoms with van der Waals surface area (Å²) in [6.45, 7) is 9.31. The number of carbonyl (C=O) groups is 1. The van der Waals surface area contributed by atoms with Gasteiger partial charge < -0.3 is 24.8 Å². The normalized spacial score (nSPS) is 10.9. The lowest BCUT2D eigenvalue weighted by atomic mass is 9.85. The average Bonchev–Trinajstić information content (AvgIpc) is 2.66. The lowest BCUT2D eigenvalue weighted by molar-refractivity contribution is 0.219. The van der Waals surface area contributed by atoms with Gasteiger partial charge in [-0.2, -0.15) is 0 Å². The van der Waals surface area contributed by atoms with Crippen LogP contribution >= 0.6 is 0 Å². The maximum atomic E-state index is 11.9. The van der Waals surface area contributed by atoms with Gasteiger partial charge in [-0.15, -0.1) is 0 Å². The molecule has 0 aliphatic rings. The number of ether oxygens (including phenoxy) is 3. The first-order valence-corrected chi connectivity index (χ1v) is 9.32. The van der Waals surface area contributed by atoms with Crippen molar-refractivity contribution in [2.45, 2.75) is 33.1 Å². The molecule has 152 valence electrons. The van der Waals surface area contributed by atoms with Crippen molar-refractivity contribution in [2.75, 3.05) is 27.0 Å². The molecule has 2 aromatic carbocycles. The minimum Gasteiger partial charge on any atom is -0.497 e. The molecule has 0 aliphatic carbocycles. The van der Waals surface area contributed by atoms with Crippen LogP contribution in [0.4, 0.5) is 4.79 Å². The second-order valence-corrected chi connectivity index (χ2v) is 7.49. The number of urea groups is 1. The van der Waals surface area contributed by atoms with Gasteiger partial charge in [0.15, 0.2) is 6.73 Å². The van der Waals surface area contributed by atoms with E-state index in [0.29, 0.717) is 13.2 Å². The van der Waals surface area contributed by atoms with Crippen LogP contribution in [0.1, 0.15) is 31.9 Å². The van der Waals surface area contributed by atoms with E-state index in [1.807, 2.05) is 36.4 Å². The highest BCUT2D eigenvalue weighted by atomic mass is 16.5. The van der Waals surface area contributed by atoms with Crippen LogP contribution in [-0.4, -0.2) is 33.0 Å². The van der Waals surface area contributed by atoms with Crippen molar-refractivity contribution >= 4 is 6.03 Å². The van der Waals surface area contributed by atoms with Gasteiger partial charge in [0.1, 0.15) is 23.9 Å². The predicted molar refractivity (Wildman–Crippen MR) is 110 cm³/mol. The maximum absolute atomic E-state index is 11.9. The number of hydrogen-bond acceptors (Lipinski definition) is 4. The molecule has 28 heavy (non-hydrogen) atoms. The molecule has 0 aliphatic heterocycles. The van der Waals surface area contributed by atoms with Crippen LogP contribution in [0.2, 0.25) is 0 Å². The minimum atomic E-state index is -0.303. The Kier molecular flexibility index (Phi) is 7.55. The zero-order valence-electron chi connectivity index (χ0n) is 17.3. The van der Waals surface area contributed by atoms with E-state index in [1.165, 1.54) is 5.56 Å². The minimum absolute atomic E-state index is 0.0393. The predicted octanol–water partition coefficient (Wildman–Crippen LogP) is 4.02. The van der Waals surface area contributed by atoms with E-state index in [-0.39, 0.29) is 18.2 Å². The zero-order valence-corrected chi connectivity index (χ0v) is 17.3. The molecule has 0 saturated carbocycles. The molecule has 0 saturated heterocycles. The molecule has 0 bridgehead atoms. The Balaban J connectivity index is 1.70. The Morgan fingerprint density at radius 1 is 0.964 bits per heavy atom. The highest BCUT2D eigenvalue weighted by Crippen LogP contribution is 2.31. The average molecular weight is 386 g/mol. The van der Waals surface area contributed by atoms with E-state index in [9.17, 15) is 4.79 Å². The number of aryl methyl sites for hydroxylation is 1. The molecule has 0 fully saturated rings. The van der Waals surface area contributed by atoms with Gasteiger partial charge in [-0.1, -0.05) is 38.5 Å². The Hall–Kier alpha value is -2.89. The lowest BCUT2D eigenvalue weighted by Gasteiger charge is -2.23. The van der Waals surface area contributed by atoms with Gasteiger partial charge in [-0.25, -0.2) is 4.79 Å². The first-order chi connectivity index (χ1) is 13.3. The largest absolute Gasteiger partial charge is 0.497 e. The van der Waals surface area contributed by atoms with Crippen LogP contribution in [0, 0.1) is 6.92 Å². The zero-order chi connectivity index (χ0) is 20.6. The SMILES string of the molecule is COc1ccc(OCCNC(=O)NCOc2ccc(C)cc2C(C)(C)C)cc1. The summed E-state index contributed by atoms with van der Waals surface area (Å²) in [5.74, 6) is 2.27. The molecule has 0 unspecified atom stereocenters. The van der Waals surface area contributed by atoms with Crippen molar-refractivity contribution in [2.24, 2.45) is 0 Å². The van der Waals surface area contributed by atoms with Crippen LogP contribution in [-0.2, 0) is 5.41 Å². The van der Waals surface area contributed by atoms with Gasteiger partial charge in [0.2, 0.25) is 0 Å². The summed E-state index contributed by atoms with van der Waals surface area (Å²) in [6, 6.07) is 13.0. The van der Waals surface area contributed by atoms with Crippen molar-refractivity contribution < 1.29 is 19.0 Å². The van der Waals surface area contributed by atoms with Gasteiger partial charge >= 0.3 is 6.03 Å². The van der Waals surface area contributed by atoms with Crippen LogP contribution < -0.4 is 24.8 Å². The van der Waals surface area contributed by atoms with Crippen LogP contribution in [0.3, 0.4) is 0 Å². The van der Waals surface area contributed by atoms with Gasteiger partial charge in [-0.3, -0.25) is 0 Å². The standard InChI is InChI=1S/C22H30N2O4/c1-16-6-11-20(19(14-16)22(2,3)4)28-15-24-21(25)23-12-13-27-18-9-7-17(26-5)8-10-18/h6-11,14H,12-13,15H2,1-5H3,(H2,23,24,25). The third kappa shape index (κ3) is 6.68. The quantitative estimate of drug-likeness (QED) is 0.531. The number of carbonyl (C=O) groups excluding carboxylic acids is 1. The lowest BCUT2D eigenvalue weighted by Crippen LogP contribution is -2.39. The molecule has 6 heteroatoms. The molecule has 6 nitrogen and oxygen atoms in total. The van der Waals surface area contributed by atoms with Gasteiger partial charge in [-0.05, 0) is 48.2 Å². The molecule has 0 atom stereocenters. The summed E-state index contributed by atoms with van der Waals surface area (Å²) < 4.78 is 16.4. The topological polar surface area (TPSA) is 68.8 Å². The highest BCUT2D eigenvalue weighted by molar-refractivity contribution is 5.73. The molecular weight excluding hydrogens is 356 g/mol. The summed E-state index contributed by atoms with van der Waals surface area (Å²) >= 11 is 0. The first-order valence-electron chi connectivity index (χ1n) is 9.32. The highest BCUT2D eigenvalue weighted by Gasteiger charge is 2.19. The van der Waals surface area contributed by atoms with E-state index < -0.39 is 0 Å². The number of benzene rings is 2. The van der Waals surface area contributed by atoms with Crippen molar-refractivity contribution in [3.63, 3.8) is 0 Å². The number of rotatable bonds is 8. The molecule has 0 radical (unpaired) electrons. The van der Waals surface area contributed by atoms with Crippen LogP contribution in [0.15, 0.2) is 42.5 Å². The Labute approximate surface area is 167 Å². The molecule has 0 heterocycles. The summed E-state index contributed by atoms with van der Waals surface area (Å²) in [5.41, 5.74) is 2.25. The van der Waals surface area contributed by atoms with E-state index >= 15 is 0 Å². The maximum Gasteiger partial charge on any atom is 0.317 e. The van der Waals surface area contributed by atoms with Crippen molar-refractivity contribution in [3.8, 4) is 17.2 Å². The van der Waals surface area contributed by atoms with Gasteiger partial charge in [0.25, 0.3) is 0 Å². The molecule has 2 aromatic rings. The first kappa shape index (κ1) is 21.4. The molecular formula is C22H30N2O4. The summed E-state index contributed by atoms with van der Waals surface area (Å²) in [5, 5.41) is 5.43. The smallest absolute Gasteiger partial charge is 0.317 e. The molecule has 2 amide bonds. The van der Waals surface area contributed by atoms with Crippen molar-refractivity contribution in [1.82, 2.24) is 10.6 Å². The molecule has 2 rings (SSSR count). The fourth-order valence-electron chi connectivity index (χ4n) is 2.60. The van der Waals surface area contributed by atoms with Crippen LogP contribution in [0.5, 0.6) is 17.2 Å². The van der Waals surface area contributed by atoms with Crippen LogP contribution in [0.25, 0.3) is 0 Å². The van der Waals surface area contributed by atoms with Gasteiger partial charge in [0, 0.05) is 0 Å². The van der Waals surface area contributed by atoms with E-state index in [0.717, 1.165) is 22.8 Å². The van der Waals surface area contributed by atoms with Gasteiger partial charge in [0.05, 0.1) is 13.7 Å². The number of nitrogens with one attached hydrogen (secondary N) is 2. The third-order valence-electron chi connectivity index (χ3n) is 4.12. The Bertz CT molecular complexity index is 767. The number of amides is 2. The monoisotopic (exact) mass is 386 g/mol. The van der Waals surface area contributed by atoms with E-state index in [2.05, 4.69) is 44.4 Å². The Morgan fingerprint density at radius 2 is 1.64 bits per heavy atom. The molecule has 0 aromatic heterocycles. The fourth-order valence-corrected chi connectivity index (χ4v) is 2.60. The van der Waals surface area contributed by atoms with E-state index in [4.69, 9.17) is 14.2 Å².